The summed E-state index contributed by atoms with van der Waals surface area (Å²) < 4.78 is 8.96. The number of rotatable bonds is 4. The van der Waals surface area contributed by atoms with Crippen molar-refractivity contribution >= 4 is 29.2 Å². The summed E-state index contributed by atoms with van der Waals surface area (Å²) in [6.45, 7) is 0. The smallest absolute Gasteiger partial charge is 0.335 e. The average molecular weight is 549 g/mol. The second-order valence-electron chi connectivity index (χ2n) is 9.09. The van der Waals surface area contributed by atoms with E-state index in [0.29, 0.717) is 16.7 Å². The minimum atomic E-state index is -2.31. The molecule has 0 radical (unpaired) electrons. The maximum Gasteiger partial charge on any atom is 0.335 e. The van der Waals surface area contributed by atoms with Gasteiger partial charge in [0.25, 0.3) is 5.56 Å². The number of phenols is 2. The predicted molar refractivity (Wildman–Crippen MR) is 134 cm³/mol. The highest BCUT2D eigenvalue weighted by atomic mass is 16.6. The molecule has 2 heterocycles. The predicted octanol–water partition coefficient (Wildman–Crippen LogP) is -1.68. The summed E-state index contributed by atoms with van der Waals surface area (Å²) in [6, 6.07) is 3.83. The van der Waals surface area contributed by atoms with Crippen molar-refractivity contribution in [3.8, 4) is 11.5 Å². The van der Waals surface area contributed by atoms with E-state index in [1.165, 1.54) is 42.2 Å². The van der Waals surface area contributed by atoms with Crippen LogP contribution in [0.1, 0.15) is 18.4 Å². The second-order valence-corrected chi connectivity index (χ2v) is 9.09. The fourth-order valence-electron chi connectivity index (χ4n) is 4.01. The maximum atomic E-state index is 11.8. The average Bonchev–Trinajstić information content (AvgIpc) is 3.27. The molecule has 3 aromatic rings. The third-order valence-electron chi connectivity index (χ3n) is 6.25. The van der Waals surface area contributed by atoms with Crippen LogP contribution in [-0.2, 0) is 35.5 Å². The van der Waals surface area contributed by atoms with E-state index < -0.39 is 48.7 Å². The minimum Gasteiger partial charge on any atom is -0.504 e. The lowest BCUT2D eigenvalue weighted by Crippen LogP contribution is -2.57. The van der Waals surface area contributed by atoms with Crippen LogP contribution < -0.4 is 11.2 Å². The number of aromatic hydroxyl groups is 2. The Hall–Kier alpha value is -4.47. The van der Waals surface area contributed by atoms with Gasteiger partial charge in [0.2, 0.25) is 0 Å². The number of benzene rings is 1. The SMILES string of the molecule is Cn1c(=O)c2c(ncn2C)n(C)c1=O.O=C(/C=C/c1ccc(O)c(O)c1)OC1CC(O)(C(=O)O)CC(O)C1O. The Morgan fingerprint density at radius 1 is 1.08 bits per heavy atom. The van der Waals surface area contributed by atoms with Gasteiger partial charge in [-0.3, -0.25) is 13.9 Å². The summed E-state index contributed by atoms with van der Waals surface area (Å²) in [4.78, 5) is 50.1. The standard InChI is InChI=1S/C16H18O9.C8H10N4O2/c17-9-3-1-8(5-10(9)18)2-4-13(20)25-12-7-16(24,15(22)23)6-11(19)14(12)21;1-10-4-9-6-5(10)7(13)12(3)8(14)11(6)2/h1-5,11-12,14,17-19,21,24H,6-7H2,(H,22,23);4H,1-3H3/b4-2+;. The molecule has 15 heteroatoms. The van der Waals surface area contributed by atoms with Crippen molar-refractivity contribution in [2.24, 2.45) is 21.1 Å². The fourth-order valence-corrected chi connectivity index (χ4v) is 4.01. The summed E-state index contributed by atoms with van der Waals surface area (Å²) >= 11 is 0. The van der Waals surface area contributed by atoms with Gasteiger partial charge in [0.15, 0.2) is 28.3 Å². The Labute approximate surface area is 219 Å². The number of nitrogens with zero attached hydrogens (tertiary/aromatic N) is 4. The van der Waals surface area contributed by atoms with E-state index in [9.17, 15) is 44.7 Å². The number of ether oxygens (including phenoxy) is 1. The van der Waals surface area contributed by atoms with E-state index in [-0.39, 0.29) is 22.7 Å². The van der Waals surface area contributed by atoms with Gasteiger partial charge >= 0.3 is 17.6 Å². The number of imidazole rings is 1. The second kappa shape index (κ2) is 11.1. The summed E-state index contributed by atoms with van der Waals surface area (Å²) in [7, 11) is 4.77. The zero-order valence-corrected chi connectivity index (χ0v) is 21.1. The van der Waals surface area contributed by atoms with Gasteiger partial charge < -0.3 is 39.9 Å². The van der Waals surface area contributed by atoms with Crippen LogP contribution in [0, 0.1) is 0 Å². The van der Waals surface area contributed by atoms with Crippen molar-refractivity contribution < 1.29 is 45.0 Å². The zero-order valence-electron chi connectivity index (χ0n) is 21.1. The zero-order chi connectivity index (χ0) is 29.2. The Balaban J connectivity index is 0.000000252. The first-order valence-electron chi connectivity index (χ1n) is 11.5. The molecule has 0 spiro atoms. The van der Waals surface area contributed by atoms with Gasteiger partial charge in [-0.2, -0.15) is 0 Å². The number of aliphatic carboxylic acids is 1. The number of hydrogen-bond acceptors (Lipinski definition) is 11. The van der Waals surface area contributed by atoms with Gasteiger partial charge in [0.1, 0.15) is 12.2 Å². The van der Waals surface area contributed by atoms with E-state index in [4.69, 9.17) is 9.84 Å². The molecule has 1 aliphatic rings. The molecule has 0 amide bonds. The number of aliphatic hydroxyl groups excluding tert-OH is 2. The number of phenolic OH excluding ortho intramolecular Hbond substituents is 2. The molecule has 15 nitrogen and oxygen atoms in total. The third-order valence-corrected chi connectivity index (χ3v) is 6.25. The van der Waals surface area contributed by atoms with Gasteiger partial charge in [-0.05, 0) is 23.8 Å². The minimum absolute atomic E-state index is 0.317. The molecule has 1 aliphatic carbocycles. The first kappa shape index (κ1) is 29.1. The molecule has 2 aromatic heterocycles. The summed E-state index contributed by atoms with van der Waals surface area (Å²) in [5, 5.41) is 57.0. The summed E-state index contributed by atoms with van der Waals surface area (Å²) in [5.74, 6) is -3.24. The number of carboxylic acids is 1. The van der Waals surface area contributed by atoms with Gasteiger partial charge in [0.05, 0.1) is 12.4 Å². The van der Waals surface area contributed by atoms with Crippen molar-refractivity contribution in [3.63, 3.8) is 0 Å². The van der Waals surface area contributed by atoms with Crippen LogP contribution in [0.5, 0.6) is 11.5 Å². The number of esters is 1. The van der Waals surface area contributed by atoms with Crippen LogP contribution >= 0.6 is 0 Å². The summed E-state index contributed by atoms with van der Waals surface area (Å²) in [5.41, 5.74) is -1.76. The number of carbonyl (C=O) groups is 2. The van der Waals surface area contributed by atoms with Crippen LogP contribution in [-0.4, -0.2) is 85.2 Å². The number of aryl methyl sites for hydroxylation is 2. The highest BCUT2D eigenvalue weighted by Crippen LogP contribution is 2.31. The molecule has 0 saturated heterocycles. The van der Waals surface area contributed by atoms with E-state index in [2.05, 4.69) is 4.98 Å². The monoisotopic (exact) mass is 548 g/mol. The molecule has 4 rings (SSSR count). The van der Waals surface area contributed by atoms with Crippen molar-refractivity contribution in [1.29, 1.82) is 0 Å². The van der Waals surface area contributed by atoms with Crippen LogP contribution in [0.3, 0.4) is 0 Å². The van der Waals surface area contributed by atoms with Crippen LogP contribution in [0.2, 0.25) is 0 Å². The molecule has 1 fully saturated rings. The first-order valence-corrected chi connectivity index (χ1v) is 11.5. The van der Waals surface area contributed by atoms with Crippen LogP contribution in [0.15, 0.2) is 40.2 Å². The van der Waals surface area contributed by atoms with Crippen LogP contribution in [0.4, 0.5) is 0 Å². The molecular formula is C24H28N4O11. The normalized spacial score (nSPS) is 22.9. The Bertz CT molecular complexity index is 1550. The fraction of sp³-hybridized carbons (Fsp3) is 0.375. The number of carbonyl (C=O) groups excluding carboxylic acids is 1. The lowest BCUT2D eigenvalue weighted by molar-refractivity contribution is -0.196. The van der Waals surface area contributed by atoms with Gasteiger partial charge in [-0.15, -0.1) is 0 Å². The molecule has 210 valence electrons. The number of carboxylic acid groups (broad SMARTS) is 1. The molecule has 4 unspecified atom stereocenters. The Morgan fingerprint density at radius 3 is 2.36 bits per heavy atom. The van der Waals surface area contributed by atoms with Gasteiger partial charge in [-0.25, -0.2) is 19.4 Å². The topological polar surface area (TPSA) is 227 Å². The van der Waals surface area contributed by atoms with Gasteiger partial charge in [-0.1, -0.05) is 6.07 Å². The quantitative estimate of drug-likeness (QED) is 0.122. The molecule has 0 bridgehead atoms. The Kier molecular flexibility index (Phi) is 8.28. The maximum absolute atomic E-state index is 11.8. The van der Waals surface area contributed by atoms with Crippen molar-refractivity contribution in [2.75, 3.05) is 0 Å². The number of fused-ring (bicyclic) bond motifs is 1. The Morgan fingerprint density at radius 2 is 1.74 bits per heavy atom. The van der Waals surface area contributed by atoms with E-state index in [1.54, 1.807) is 18.7 Å². The lowest BCUT2D eigenvalue weighted by atomic mass is 9.79. The number of aliphatic hydroxyl groups is 3. The van der Waals surface area contributed by atoms with Crippen molar-refractivity contribution in [2.45, 2.75) is 36.8 Å². The molecule has 0 aliphatic heterocycles. The van der Waals surface area contributed by atoms with Crippen molar-refractivity contribution in [1.82, 2.24) is 18.7 Å². The molecule has 1 aromatic carbocycles. The van der Waals surface area contributed by atoms with Crippen LogP contribution in [0.25, 0.3) is 17.2 Å². The molecule has 1 saturated carbocycles. The lowest BCUT2D eigenvalue weighted by Gasteiger charge is -2.39. The van der Waals surface area contributed by atoms with E-state index in [1.807, 2.05) is 0 Å². The number of aromatic nitrogens is 4. The van der Waals surface area contributed by atoms with Crippen molar-refractivity contribution in [3.05, 3.63) is 57.0 Å². The third kappa shape index (κ3) is 6.00. The molecule has 6 N–H and O–H groups in total. The number of hydrogen-bond donors (Lipinski definition) is 6. The molecule has 39 heavy (non-hydrogen) atoms. The van der Waals surface area contributed by atoms with E-state index in [0.717, 1.165) is 10.6 Å². The van der Waals surface area contributed by atoms with E-state index >= 15 is 0 Å². The molecule has 4 atom stereocenters. The summed E-state index contributed by atoms with van der Waals surface area (Å²) in [6.07, 6.45) is -1.92. The largest absolute Gasteiger partial charge is 0.504 e. The first-order chi connectivity index (χ1) is 18.2. The highest BCUT2D eigenvalue weighted by Gasteiger charge is 2.50. The van der Waals surface area contributed by atoms with Gasteiger partial charge in [0, 0.05) is 40.1 Å². The molecular weight excluding hydrogens is 520 g/mol. The highest BCUT2D eigenvalue weighted by molar-refractivity contribution is 5.87.